The van der Waals surface area contributed by atoms with Crippen molar-refractivity contribution in [1.29, 1.82) is 0 Å². The second-order valence-electron chi connectivity index (χ2n) is 6.35. The zero-order valence-corrected chi connectivity index (χ0v) is 16.0. The summed E-state index contributed by atoms with van der Waals surface area (Å²) in [4.78, 5) is 9.03. The van der Waals surface area contributed by atoms with Gasteiger partial charge >= 0.3 is 0 Å². The summed E-state index contributed by atoms with van der Waals surface area (Å²) in [7, 11) is 4.93. The lowest BCUT2D eigenvalue weighted by atomic mass is 10.1. The number of ether oxygens (including phenoxy) is 3. The van der Waals surface area contributed by atoms with E-state index in [0.717, 1.165) is 33.6 Å². The summed E-state index contributed by atoms with van der Waals surface area (Å²) in [6.45, 7) is 0.665. The van der Waals surface area contributed by atoms with Crippen LogP contribution in [0.2, 0.25) is 0 Å². The van der Waals surface area contributed by atoms with Crippen LogP contribution in [0.15, 0.2) is 61.1 Å². The lowest BCUT2D eigenvalue weighted by molar-refractivity contribution is 0.354. The van der Waals surface area contributed by atoms with Crippen LogP contribution in [0.1, 0.15) is 5.56 Å². The number of methoxy groups -OCH3 is 3. The Hall–Kier alpha value is -3.54. The summed E-state index contributed by atoms with van der Waals surface area (Å²) in [6.07, 6.45) is 3.63. The molecule has 0 bridgehead atoms. The minimum atomic E-state index is 0.665. The molecule has 0 saturated carbocycles. The van der Waals surface area contributed by atoms with E-state index in [0.29, 0.717) is 18.0 Å². The van der Waals surface area contributed by atoms with Crippen LogP contribution in [0.25, 0.3) is 22.3 Å². The Balaban J connectivity index is 1.70. The highest BCUT2D eigenvalue weighted by Gasteiger charge is 2.10. The van der Waals surface area contributed by atoms with Gasteiger partial charge < -0.3 is 18.8 Å². The maximum absolute atomic E-state index is 5.41. The third-order valence-corrected chi connectivity index (χ3v) is 4.67. The molecule has 0 aliphatic heterocycles. The first-order chi connectivity index (χ1) is 13.7. The smallest absolute Gasteiger partial charge is 0.161 e. The Morgan fingerprint density at radius 3 is 2.50 bits per heavy atom. The molecule has 0 amide bonds. The van der Waals surface area contributed by atoms with Crippen molar-refractivity contribution in [1.82, 2.24) is 14.5 Å². The Morgan fingerprint density at radius 2 is 1.71 bits per heavy atom. The Kier molecular flexibility index (Phi) is 4.85. The lowest BCUT2D eigenvalue weighted by Gasteiger charge is -2.11. The number of pyridine rings is 1. The molecule has 4 rings (SSSR count). The molecule has 0 aliphatic carbocycles. The molecule has 2 aromatic heterocycles. The van der Waals surface area contributed by atoms with E-state index >= 15 is 0 Å². The molecule has 28 heavy (non-hydrogen) atoms. The van der Waals surface area contributed by atoms with Crippen LogP contribution >= 0.6 is 0 Å². The molecule has 6 heteroatoms. The molecule has 0 fully saturated rings. The summed E-state index contributed by atoms with van der Waals surface area (Å²) >= 11 is 0. The monoisotopic (exact) mass is 375 g/mol. The number of rotatable bonds is 6. The van der Waals surface area contributed by atoms with E-state index in [1.165, 1.54) is 0 Å². The average molecular weight is 375 g/mol. The number of nitrogens with zero attached hydrogens (tertiary/aromatic N) is 3. The van der Waals surface area contributed by atoms with E-state index in [2.05, 4.69) is 20.6 Å². The second kappa shape index (κ2) is 7.60. The van der Waals surface area contributed by atoms with Gasteiger partial charge in [-0.15, -0.1) is 0 Å². The van der Waals surface area contributed by atoms with E-state index in [1.807, 2.05) is 48.8 Å². The van der Waals surface area contributed by atoms with E-state index in [9.17, 15) is 0 Å². The minimum absolute atomic E-state index is 0.665. The Bertz CT molecular complexity index is 1120. The quantitative estimate of drug-likeness (QED) is 0.506. The summed E-state index contributed by atoms with van der Waals surface area (Å²) in [6, 6.07) is 15.8. The average Bonchev–Trinajstić information content (AvgIpc) is 3.15. The largest absolute Gasteiger partial charge is 0.497 e. The third kappa shape index (κ3) is 3.36. The predicted molar refractivity (Wildman–Crippen MR) is 108 cm³/mol. The molecule has 142 valence electrons. The van der Waals surface area contributed by atoms with Gasteiger partial charge in [0, 0.05) is 12.1 Å². The van der Waals surface area contributed by atoms with Gasteiger partial charge in [0.25, 0.3) is 0 Å². The number of fused-ring (bicyclic) bond motifs is 1. The van der Waals surface area contributed by atoms with E-state index in [4.69, 9.17) is 14.2 Å². The highest BCUT2D eigenvalue weighted by Crippen LogP contribution is 2.29. The molecule has 4 aromatic rings. The van der Waals surface area contributed by atoms with Crippen molar-refractivity contribution in [2.24, 2.45) is 0 Å². The first-order valence-corrected chi connectivity index (χ1v) is 8.88. The number of benzene rings is 2. The maximum atomic E-state index is 5.41. The highest BCUT2D eigenvalue weighted by molar-refractivity contribution is 5.79. The molecule has 6 nitrogen and oxygen atoms in total. The van der Waals surface area contributed by atoms with E-state index in [-0.39, 0.29) is 0 Å². The van der Waals surface area contributed by atoms with Crippen LogP contribution < -0.4 is 14.2 Å². The van der Waals surface area contributed by atoms with Gasteiger partial charge in [0.05, 0.1) is 45.1 Å². The minimum Gasteiger partial charge on any atom is -0.497 e. The lowest BCUT2D eigenvalue weighted by Crippen LogP contribution is -2.00. The van der Waals surface area contributed by atoms with Gasteiger partial charge in [0.2, 0.25) is 0 Å². The van der Waals surface area contributed by atoms with Gasteiger partial charge in [-0.25, -0.2) is 4.98 Å². The normalized spacial score (nSPS) is 10.8. The fourth-order valence-electron chi connectivity index (χ4n) is 3.20. The molecule has 2 aromatic carbocycles. The standard InChI is InChI=1S/C22H21N3O3/c1-26-17-6-4-5-16(10-17)18-11-20-19(12-23-18)24-14-25(20)13-15-7-8-21(27-2)22(9-15)28-3/h4-12,14H,13H2,1-3H3. The van der Waals surface area contributed by atoms with Crippen molar-refractivity contribution < 1.29 is 14.2 Å². The van der Waals surface area contributed by atoms with Crippen molar-refractivity contribution in [2.45, 2.75) is 6.54 Å². The first-order valence-electron chi connectivity index (χ1n) is 8.88. The van der Waals surface area contributed by atoms with Gasteiger partial charge in [-0.1, -0.05) is 18.2 Å². The molecule has 0 spiro atoms. The molecular weight excluding hydrogens is 354 g/mol. The van der Waals surface area contributed by atoms with Gasteiger partial charge in [0.1, 0.15) is 11.3 Å². The molecule has 0 saturated heterocycles. The molecular formula is C22H21N3O3. The highest BCUT2D eigenvalue weighted by atomic mass is 16.5. The molecule has 0 aliphatic rings. The SMILES string of the molecule is COc1cccc(-c2cc3c(cn2)ncn3Cc2ccc(OC)c(OC)c2)c1. The Labute approximate surface area is 163 Å². The topological polar surface area (TPSA) is 58.4 Å². The van der Waals surface area contributed by atoms with Crippen LogP contribution in [-0.2, 0) is 6.54 Å². The fourth-order valence-corrected chi connectivity index (χ4v) is 3.20. The summed E-state index contributed by atoms with van der Waals surface area (Å²) < 4.78 is 18.2. The third-order valence-electron chi connectivity index (χ3n) is 4.67. The molecule has 0 radical (unpaired) electrons. The van der Waals surface area contributed by atoms with Crippen LogP contribution in [0.4, 0.5) is 0 Å². The molecule has 0 N–H and O–H groups in total. The van der Waals surface area contributed by atoms with Gasteiger partial charge in [-0.05, 0) is 35.9 Å². The Morgan fingerprint density at radius 1 is 0.857 bits per heavy atom. The summed E-state index contributed by atoms with van der Waals surface area (Å²) in [5.74, 6) is 2.23. The molecule has 0 unspecified atom stereocenters. The maximum Gasteiger partial charge on any atom is 0.161 e. The second-order valence-corrected chi connectivity index (χ2v) is 6.35. The first kappa shape index (κ1) is 17.9. The van der Waals surface area contributed by atoms with Crippen LogP contribution in [-0.4, -0.2) is 35.9 Å². The summed E-state index contributed by atoms with van der Waals surface area (Å²) in [5.41, 5.74) is 4.84. The zero-order valence-electron chi connectivity index (χ0n) is 16.0. The predicted octanol–water partition coefficient (Wildman–Crippen LogP) is 4.17. The van der Waals surface area contributed by atoms with Crippen molar-refractivity contribution >= 4 is 11.0 Å². The number of imidazole rings is 1. The summed E-state index contributed by atoms with van der Waals surface area (Å²) in [5, 5.41) is 0. The van der Waals surface area contributed by atoms with Crippen LogP contribution in [0.5, 0.6) is 17.2 Å². The fraction of sp³-hybridized carbons (Fsp3) is 0.182. The van der Waals surface area contributed by atoms with E-state index < -0.39 is 0 Å². The van der Waals surface area contributed by atoms with Gasteiger partial charge in [-0.2, -0.15) is 0 Å². The number of hydrogen-bond donors (Lipinski definition) is 0. The molecule has 0 atom stereocenters. The molecule has 2 heterocycles. The van der Waals surface area contributed by atoms with Gasteiger partial charge in [-0.3, -0.25) is 4.98 Å². The number of hydrogen-bond acceptors (Lipinski definition) is 5. The van der Waals surface area contributed by atoms with Crippen molar-refractivity contribution in [3.05, 3.63) is 66.6 Å². The van der Waals surface area contributed by atoms with Crippen LogP contribution in [0.3, 0.4) is 0 Å². The van der Waals surface area contributed by atoms with Crippen LogP contribution in [0, 0.1) is 0 Å². The zero-order chi connectivity index (χ0) is 19.5. The van der Waals surface area contributed by atoms with E-state index in [1.54, 1.807) is 27.5 Å². The van der Waals surface area contributed by atoms with Crippen molar-refractivity contribution in [3.63, 3.8) is 0 Å². The number of aromatic nitrogens is 3. The van der Waals surface area contributed by atoms with Crippen molar-refractivity contribution in [2.75, 3.05) is 21.3 Å². The van der Waals surface area contributed by atoms with Gasteiger partial charge in [0.15, 0.2) is 11.5 Å². The van der Waals surface area contributed by atoms with Crippen molar-refractivity contribution in [3.8, 4) is 28.5 Å².